The van der Waals surface area contributed by atoms with E-state index in [1.54, 1.807) is 6.07 Å². The van der Waals surface area contributed by atoms with Gasteiger partial charge in [0.2, 0.25) is 0 Å². The average molecular weight is 358 g/mol. The Morgan fingerprint density at radius 3 is 2.29 bits per heavy atom. The highest BCUT2D eigenvalue weighted by Crippen LogP contribution is 2.32. The first-order chi connectivity index (χ1) is 9.91. The molecule has 0 fully saturated rings. The van der Waals surface area contributed by atoms with Crippen LogP contribution in [0.25, 0.3) is 0 Å². The molecule has 5 heteroatoms. The number of hydrogen-bond acceptors (Lipinski definition) is 1. The summed E-state index contributed by atoms with van der Waals surface area (Å²) < 4.78 is 39.5. The van der Waals surface area contributed by atoms with Gasteiger partial charge in [0.15, 0.2) is 0 Å². The molecule has 112 valence electrons. The molecule has 1 atom stereocenters. The minimum Gasteiger partial charge on any atom is -0.307 e. The summed E-state index contributed by atoms with van der Waals surface area (Å²) in [5, 5.41) is 3.23. The van der Waals surface area contributed by atoms with Crippen LogP contribution >= 0.6 is 15.9 Å². The summed E-state index contributed by atoms with van der Waals surface area (Å²) in [5.41, 5.74) is 0.911. The van der Waals surface area contributed by atoms with Crippen molar-refractivity contribution in [2.24, 2.45) is 0 Å². The first-order valence-electron chi connectivity index (χ1n) is 6.58. The predicted octanol–water partition coefficient (Wildman–Crippen LogP) is 5.17. The summed E-state index contributed by atoms with van der Waals surface area (Å²) >= 11 is 3.36. The van der Waals surface area contributed by atoms with Gasteiger partial charge in [-0.1, -0.05) is 47.1 Å². The van der Waals surface area contributed by atoms with Gasteiger partial charge < -0.3 is 5.32 Å². The molecule has 2 rings (SSSR count). The van der Waals surface area contributed by atoms with Gasteiger partial charge in [-0.15, -0.1) is 0 Å². The quantitative estimate of drug-likeness (QED) is 0.796. The normalized spacial score (nSPS) is 13.2. The van der Waals surface area contributed by atoms with E-state index in [-0.39, 0.29) is 6.04 Å². The molecule has 0 spiro atoms. The molecule has 0 aromatic heterocycles. The van der Waals surface area contributed by atoms with Gasteiger partial charge in [0, 0.05) is 4.47 Å². The third kappa shape index (κ3) is 4.08. The lowest BCUT2D eigenvalue weighted by molar-refractivity contribution is -0.137. The second kappa shape index (κ2) is 6.62. The van der Waals surface area contributed by atoms with Crippen molar-refractivity contribution in [1.29, 1.82) is 0 Å². The van der Waals surface area contributed by atoms with Crippen LogP contribution in [0.3, 0.4) is 0 Å². The summed E-state index contributed by atoms with van der Waals surface area (Å²) in [7, 11) is 0. The number of hydrogen-bond donors (Lipinski definition) is 1. The minimum atomic E-state index is -4.33. The zero-order chi connectivity index (χ0) is 15.5. The Hall–Kier alpha value is -1.33. The lowest BCUT2D eigenvalue weighted by Gasteiger charge is -2.20. The Labute approximate surface area is 130 Å². The topological polar surface area (TPSA) is 12.0 Å². The maximum atomic E-state index is 12.8. The number of benzene rings is 2. The van der Waals surface area contributed by atoms with Crippen LogP contribution in [0, 0.1) is 0 Å². The molecule has 0 aliphatic carbocycles. The maximum absolute atomic E-state index is 12.8. The molecule has 1 N–H and O–H groups in total. The van der Waals surface area contributed by atoms with Crippen molar-refractivity contribution in [3.63, 3.8) is 0 Å². The Morgan fingerprint density at radius 1 is 1.05 bits per heavy atom. The van der Waals surface area contributed by atoms with Crippen molar-refractivity contribution in [1.82, 2.24) is 5.32 Å². The molecular formula is C16H15BrF3N. The molecule has 0 aliphatic heterocycles. The molecule has 1 unspecified atom stereocenters. The number of alkyl halides is 3. The SMILES string of the molecule is CCNC(c1ccc(Br)cc1)c1cccc(C(F)(F)F)c1. The van der Waals surface area contributed by atoms with E-state index >= 15 is 0 Å². The average Bonchev–Trinajstić information content (AvgIpc) is 2.45. The second-order valence-corrected chi connectivity index (χ2v) is 5.58. The van der Waals surface area contributed by atoms with Crippen LogP contribution in [0.2, 0.25) is 0 Å². The fraction of sp³-hybridized carbons (Fsp3) is 0.250. The van der Waals surface area contributed by atoms with Crippen LogP contribution in [-0.4, -0.2) is 6.54 Å². The molecule has 2 aromatic rings. The second-order valence-electron chi connectivity index (χ2n) is 4.67. The van der Waals surface area contributed by atoms with E-state index in [1.807, 2.05) is 31.2 Å². The van der Waals surface area contributed by atoms with Gasteiger partial charge in [-0.25, -0.2) is 0 Å². The Balaban J connectivity index is 2.41. The van der Waals surface area contributed by atoms with E-state index in [1.165, 1.54) is 12.1 Å². The molecule has 0 saturated heterocycles. The Kier molecular flexibility index (Phi) is 5.06. The van der Waals surface area contributed by atoms with Gasteiger partial charge in [-0.3, -0.25) is 0 Å². The van der Waals surface area contributed by atoms with Crippen LogP contribution in [0.1, 0.15) is 29.7 Å². The minimum absolute atomic E-state index is 0.259. The fourth-order valence-corrected chi connectivity index (χ4v) is 2.45. The van der Waals surface area contributed by atoms with E-state index in [0.717, 1.165) is 16.1 Å². The number of halogens is 4. The predicted molar refractivity (Wildman–Crippen MR) is 81.1 cm³/mol. The van der Waals surface area contributed by atoms with E-state index in [4.69, 9.17) is 0 Å². The fourth-order valence-electron chi connectivity index (χ4n) is 2.18. The number of rotatable bonds is 4. The Morgan fingerprint density at radius 2 is 1.71 bits per heavy atom. The van der Waals surface area contributed by atoms with Gasteiger partial charge in [-0.05, 0) is 41.9 Å². The monoisotopic (exact) mass is 357 g/mol. The molecule has 0 radical (unpaired) electrons. The lowest BCUT2D eigenvalue weighted by Crippen LogP contribution is -2.22. The van der Waals surface area contributed by atoms with Crippen LogP contribution in [0.4, 0.5) is 13.2 Å². The highest BCUT2D eigenvalue weighted by atomic mass is 79.9. The van der Waals surface area contributed by atoms with Gasteiger partial charge in [0.05, 0.1) is 11.6 Å². The number of nitrogens with one attached hydrogen (secondary N) is 1. The van der Waals surface area contributed by atoms with Crippen LogP contribution in [0.15, 0.2) is 53.0 Å². The third-order valence-corrected chi connectivity index (χ3v) is 3.69. The molecule has 2 aromatic carbocycles. The molecule has 0 heterocycles. The van der Waals surface area contributed by atoms with Gasteiger partial charge >= 0.3 is 6.18 Å². The summed E-state index contributed by atoms with van der Waals surface area (Å²) in [5.74, 6) is 0. The summed E-state index contributed by atoms with van der Waals surface area (Å²) in [6.07, 6.45) is -4.33. The van der Waals surface area contributed by atoms with Crippen LogP contribution < -0.4 is 5.32 Å². The molecule has 1 nitrogen and oxygen atoms in total. The smallest absolute Gasteiger partial charge is 0.307 e. The first-order valence-corrected chi connectivity index (χ1v) is 7.37. The standard InChI is InChI=1S/C16H15BrF3N/c1-2-21-15(11-6-8-14(17)9-7-11)12-4-3-5-13(10-12)16(18,19)20/h3-10,15,21H,2H2,1H3. The molecule has 0 saturated carbocycles. The highest BCUT2D eigenvalue weighted by molar-refractivity contribution is 9.10. The maximum Gasteiger partial charge on any atom is 0.416 e. The summed E-state index contributed by atoms with van der Waals surface area (Å²) in [4.78, 5) is 0. The van der Waals surface area contributed by atoms with Gasteiger partial charge in [-0.2, -0.15) is 13.2 Å². The van der Waals surface area contributed by atoms with Gasteiger partial charge in [0.25, 0.3) is 0 Å². The van der Waals surface area contributed by atoms with Gasteiger partial charge in [0.1, 0.15) is 0 Å². The zero-order valence-corrected chi connectivity index (χ0v) is 13.0. The van der Waals surface area contributed by atoms with Crippen molar-refractivity contribution in [3.05, 3.63) is 69.7 Å². The van der Waals surface area contributed by atoms with Crippen LogP contribution in [0.5, 0.6) is 0 Å². The van der Waals surface area contributed by atoms with Crippen molar-refractivity contribution >= 4 is 15.9 Å². The lowest BCUT2D eigenvalue weighted by atomic mass is 9.97. The highest BCUT2D eigenvalue weighted by Gasteiger charge is 2.31. The Bertz CT molecular complexity index is 593. The summed E-state index contributed by atoms with van der Waals surface area (Å²) in [6, 6.07) is 12.8. The third-order valence-electron chi connectivity index (χ3n) is 3.16. The first kappa shape index (κ1) is 16.0. The van der Waals surface area contributed by atoms with Crippen molar-refractivity contribution < 1.29 is 13.2 Å². The van der Waals surface area contributed by atoms with Crippen molar-refractivity contribution in [3.8, 4) is 0 Å². The van der Waals surface area contributed by atoms with Crippen molar-refractivity contribution in [2.45, 2.75) is 19.1 Å². The van der Waals surface area contributed by atoms with E-state index < -0.39 is 11.7 Å². The molecule has 0 bridgehead atoms. The molecule has 21 heavy (non-hydrogen) atoms. The van der Waals surface area contributed by atoms with Crippen LogP contribution in [-0.2, 0) is 6.18 Å². The van der Waals surface area contributed by atoms with E-state index in [2.05, 4.69) is 21.2 Å². The molecule has 0 aliphatic rings. The van der Waals surface area contributed by atoms with E-state index in [9.17, 15) is 13.2 Å². The summed E-state index contributed by atoms with van der Waals surface area (Å²) in [6.45, 7) is 2.59. The largest absolute Gasteiger partial charge is 0.416 e. The zero-order valence-electron chi connectivity index (χ0n) is 11.4. The van der Waals surface area contributed by atoms with Crippen molar-refractivity contribution in [2.75, 3.05) is 6.54 Å². The molecule has 0 amide bonds. The van der Waals surface area contributed by atoms with E-state index in [0.29, 0.717) is 12.1 Å². The molecular weight excluding hydrogens is 343 g/mol.